The fourth-order valence-corrected chi connectivity index (χ4v) is 3.76. The number of hydrogen-bond acceptors (Lipinski definition) is 5. The minimum absolute atomic E-state index is 0.588. The highest BCUT2D eigenvalue weighted by atomic mass is 16.5. The van der Waals surface area contributed by atoms with Crippen LogP contribution in [0.2, 0.25) is 0 Å². The molecule has 1 atom stereocenters. The Balaban J connectivity index is 1.52. The van der Waals surface area contributed by atoms with Crippen LogP contribution in [0.1, 0.15) is 12.0 Å². The zero-order valence-corrected chi connectivity index (χ0v) is 18.3. The van der Waals surface area contributed by atoms with Crippen LogP contribution in [-0.2, 0) is 6.54 Å². The van der Waals surface area contributed by atoms with E-state index in [2.05, 4.69) is 50.9 Å². The molecule has 0 saturated carbocycles. The van der Waals surface area contributed by atoms with E-state index in [-0.39, 0.29) is 0 Å². The summed E-state index contributed by atoms with van der Waals surface area (Å²) in [4.78, 5) is 6.80. The molecule has 2 aromatic rings. The maximum atomic E-state index is 5.43. The molecule has 2 N–H and O–H groups in total. The molecule has 2 aromatic carbocycles. The van der Waals surface area contributed by atoms with E-state index in [1.165, 1.54) is 12.1 Å². The highest BCUT2D eigenvalue weighted by molar-refractivity contribution is 5.79. The average molecular weight is 413 g/mol. The minimum Gasteiger partial charge on any atom is -0.493 e. The van der Waals surface area contributed by atoms with E-state index >= 15 is 0 Å². The molecule has 1 aliphatic rings. The monoisotopic (exact) mass is 412 g/mol. The molecule has 1 heterocycles. The zero-order valence-electron chi connectivity index (χ0n) is 18.3. The molecule has 1 aliphatic heterocycles. The lowest BCUT2D eigenvalue weighted by molar-refractivity contribution is 0.323. The second-order valence-electron chi connectivity index (χ2n) is 7.28. The Morgan fingerprint density at radius 1 is 1.03 bits per heavy atom. The number of nitrogens with one attached hydrogen (secondary N) is 2. The van der Waals surface area contributed by atoms with Crippen LogP contribution in [0.25, 0.3) is 0 Å². The normalized spacial score (nSPS) is 16.3. The molecule has 1 unspecified atom stereocenters. The van der Waals surface area contributed by atoms with Gasteiger partial charge in [0.05, 0.1) is 21.3 Å². The minimum atomic E-state index is 0.588. The number of ether oxygens (including phenoxy) is 3. The van der Waals surface area contributed by atoms with Gasteiger partial charge in [-0.1, -0.05) is 18.2 Å². The summed E-state index contributed by atoms with van der Waals surface area (Å²) in [6.45, 7) is 3.63. The predicted octanol–water partition coefficient (Wildman–Crippen LogP) is 2.90. The molecule has 7 nitrogen and oxygen atoms in total. The summed E-state index contributed by atoms with van der Waals surface area (Å²) in [5.41, 5.74) is 2.31. The molecule has 0 radical (unpaired) electrons. The molecule has 1 fully saturated rings. The van der Waals surface area contributed by atoms with E-state index in [1.54, 1.807) is 28.4 Å². The quantitative estimate of drug-likeness (QED) is 0.513. The highest BCUT2D eigenvalue weighted by Gasteiger charge is 2.22. The summed E-state index contributed by atoms with van der Waals surface area (Å²) in [7, 11) is 6.63. The summed E-state index contributed by atoms with van der Waals surface area (Å²) < 4.78 is 16.2. The number of para-hydroxylation sites is 1. The van der Waals surface area contributed by atoms with Gasteiger partial charge in [0.15, 0.2) is 17.5 Å². The van der Waals surface area contributed by atoms with Crippen LogP contribution < -0.4 is 29.7 Å². The number of benzene rings is 2. The molecule has 7 heteroatoms. The number of aliphatic imine (C=N–C) groups is 1. The molecule has 30 heavy (non-hydrogen) atoms. The number of rotatable bonds is 8. The Kier molecular flexibility index (Phi) is 7.65. The molecule has 162 valence electrons. The smallest absolute Gasteiger partial charge is 0.203 e. The lowest BCUT2D eigenvalue weighted by atomic mass is 10.1. The van der Waals surface area contributed by atoms with Crippen molar-refractivity contribution < 1.29 is 14.2 Å². The van der Waals surface area contributed by atoms with Crippen LogP contribution in [-0.4, -0.2) is 54.0 Å². The van der Waals surface area contributed by atoms with Crippen molar-refractivity contribution in [3.63, 3.8) is 0 Å². The van der Waals surface area contributed by atoms with Crippen molar-refractivity contribution in [2.24, 2.45) is 10.9 Å². The van der Waals surface area contributed by atoms with Gasteiger partial charge in [-0.3, -0.25) is 4.99 Å². The second kappa shape index (κ2) is 10.6. The van der Waals surface area contributed by atoms with E-state index in [0.29, 0.717) is 29.7 Å². The molecule has 1 saturated heterocycles. The van der Waals surface area contributed by atoms with Gasteiger partial charge in [0.25, 0.3) is 0 Å². The Hall–Kier alpha value is -3.09. The maximum Gasteiger partial charge on any atom is 0.203 e. The molecule has 0 aromatic heterocycles. The van der Waals surface area contributed by atoms with Gasteiger partial charge in [0.1, 0.15) is 0 Å². The van der Waals surface area contributed by atoms with Crippen molar-refractivity contribution in [3.05, 3.63) is 48.0 Å². The second-order valence-corrected chi connectivity index (χ2v) is 7.28. The van der Waals surface area contributed by atoms with E-state index in [9.17, 15) is 0 Å². The topological polar surface area (TPSA) is 67.4 Å². The largest absolute Gasteiger partial charge is 0.493 e. The maximum absolute atomic E-state index is 5.43. The Labute approximate surface area is 179 Å². The molecular formula is C23H32N4O3. The first-order valence-electron chi connectivity index (χ1n) is 10.2. The van der Waals surface area contributed by atoms with E-state index < -0.39 is 0 Å². The molecule has 0 amide bonds. The van der Waals surface area contributed by atoms with Crippen LogP contribution in [0.5, 0.6) is 17.2 Å². The summed E-state index contributed by atoms with van der Waals surface area (Å²) in [5, 5.41) is 6.82. The van der Waals surface area contributed by atoms with Gasteiger partial charge in [-0.15, -0.1) is 0 Å². The summed E-state index contributed by atoms with van der Waals surface area (Å²) in [6.07, 6.45) is 1.17. The fraction of sp³-hybridized carbons (Fsp3) is 0.435. The van der Waals surface area contributed by atoms with E-state index in [0.717, 1.165) is 31.2 Å². The van der Waals surface area contributed by atoms with Crippen molar-refractivity contribution >= 4 is 11.6 Å². The van der Waals surface area contributed by atoms with Gasteiger partial charge in [-0.25, -0.2) is 0 Å². The third kappa shape index (κ3) is 5.28. The van der Waals surface area contributed by atoms with Gasteiger partial charge in [-0.2, -0.15) is 0 Å². The van der Waals surface area contributed by atoms with Crippen LogP contribution in [0.15, 0.2) is 47.5 Å². The lowest BCUT2D eigenvalue weighted by Crippen LogP contribution is -2.39. The van der Waals surface area contributed by atoms with Crippen molar-refractivity contribution in [1.82, 2.24) is 10.6 Å². The Bertz CT molecular complexity index is 817. The first kappa shape index (κ1) is 21.6. The highest BCUT2D eigenvalue weighted by Crippen LogP contribution is 2.38. The zero-order chi connectivity index (χ0) is 21.3. The van der Waals surface area contributed by atoms with Crippen molar-refractivity contribution in [3.8, 4) is 17.2 Å². The number of hydrogen-bond donors (Lipinski definition) is 2. The molecular weight excluding hydrogens is 380 g/mol. The molecule has 3 rings (SSSR count). The van der Waals surface area contributed by atoms with Gasteiger partial charge >= 0.3 is 0 Å². The van der Waals surface area contributed by atoms with Crippen molar-refractivity contribution in [2.75, 3.05) is 52.9 Å². The summed E-state index contributed by atoms with van der Waals surface area (Å²) >= 11 is 0. The van der Waals surface area contributed by atoms with Crippen molar-refractivity contribution in [1.29, 1.82) is 0 Å². The van der Waals surface area contributed by atoms with Crippen LogP contribution in [0.3, 0.4) is 0 Å². The first-order chi connectivity index (χ1) is 14.7. The van der Waals surface area contributed by atoms with Gasteiger partial charge < -0.3 is 29.7 Å². The Morgan fingerprint density at radius 2 is 1.73 bits per heavy atom. The summed E-state index contributed by atoms with van der Waals surface area (Å²) in [6, 6.07) is 14.5. The average Bonchev–Trinajstić information content (AvgIpc) is 3.28. The number of guanidine groups is 1. The van der Waals surface area contributed by atoms with Crippen LogP contribution >= 0.6 is 0 Å². The fourth-order valence-electron chi connectivity index (χ4n) is 3.76. The number of nitrogens with zero attached hydrogens (tertiary/aromatic N) is 2. The lowest BCUT2D eigenvalue weighted by Gasteiger charge is -2.19. The van der Waals surface area contributed by atoms with Crippen LogP contribution in [0.4, 0.5) is 5.69 Å². The number of anilines is 1. The summed E-state index contributed by atoms with van der Waals surface area (Å²) in [5.74, 6) is 3.24. The standard InChI is InChI=1S/C23H32N4O3/c1-24-23(25-14-17-10-11-27(16-17)19-8-6-5-7-9-19)26-15-18-12-20(28-2)22(30-4)21(13-18)29-3/h5-9,12-13,17H,10-11,14-16H2,1-4H3,(H2,24,25,26). The van der Waals surface area contributed by atoms with E-state index in [4.69, 9.17) is 14.2 Å². The van der Waals surface area contributed by atoms with Gasteiger partial charge in [0.2, 0.25) is 5.75 Å². The molecule has 0 aliphatic carbocycles. The van der Waals surface area contributed by atoms with E-state index in [1.807, 2.05) is 12.1 Å². The first-order valence-corrected chi connectivity index (χ1v) is 10.2. The molecule has 0 bridgehead atoms. The number of methoxy groups -OCH3 is 3. The predicted molar refractivity (Wildman–Crippen MR) is 121 cm³/mol. The third-order valence-corrected chi connectivity index (χ3v) is 5.37. The van der Waals surface area contributed by atoms with Crippen LogP contribution in [0, 0.1) is 5.92 Å². The molecule has 0 spiro atoms. The van der Waals surface area contributed by atoms with Gasteiger partial charge in [0, 0.05) is 38.9 Å². The SMILES string of the molecule is CN=C(NCc1cc(OC)c(OC)c(OC)c1)NCC1CCN(c2ccccc2)C1. The third-order valence-electron chi connectivity index (χ3n) is 5.37. The van der Waals surface area contributed by atoms with Crippen molar-refractivity contribution in [2.45, 2.75) is 13.0 Å². The van der Waals surface area contributed by atoms with Gasteiger partial charge in [-0.05, 0) is 42.2 Å². The Morgan fingerprint density at radius 3 is 2.33 bits per heavy atom.